The van der Waals surface area contributed by atoms with Crippen LogP contribution in [0.1, 0.15) is 20.3 Å². The summed E-state index contributed by atoms with van der Waals surface area (Å²) >= 11 is 5.78. The summed E-state index contributed by atoms with van der Waals surface area (Å²) in [5.41, 5.74) is 0.634. The molecule has 0 fully saturated rings. The zero-order chi connectivity index (χ0) is 18.1. The fraction of sp³-hybridized carbons (Fsp3) is 0.438. The molecule has 0 aliphatic heterocycles. The first-order valence-corrected chi connectivity index (χ1v) is 8.15. The van der Waals surface area contributed by atoms with Crippen molar-refractivity contribution in [2.75, 3.05) is 25.5 Å². The second-order valence-corrected chi connectivity index (χ2v) is 6.13. The van der Waals surface area contributed by atoms with E-state index in [9.17, 15) is 14.4 Å². The molecule has 8 heteroatoms. The minimum atomic E-state index is -0.521. The van der Waals surface area contributed by atoms with Crippen LogP contribution in [0, 0.1) is 0 Å². The summed E-state index contributed by atoms with van der Waals surface area (Å²) in [6.45, 7) is 3.90. The zero-order valence-electron chi connectivity index (χ0n) is 14.1. The highest BCUT2D eigenvalue weighted by Gasteiger charge is 2.16. The molecule has 0 aliphatic rings. The molecule has 132 valence electrons. The second-order valence-electron chi connectivity index (χ2n) is 5.70. The number of urea groups is 1. The molecule has 1 aromatic carbocycles. The molecule has 1 unspecified atom stereocenters. The van der Waals surface area contributed by atoms with Crippen LogP contribution >= 0.6 is 11.6 Å². The number of halogens is 1. The first kappa shape index (κ1) is 19.9. The molecule has 1 rings (SSSR count). The van der Waals surface area contributed by atoms with E-state index in [2.05, 4.69) is 16.0 Å². The Labute approximate surface area is 146 Å². The molecule has 4 amide bonds. The second kappa shape index (κ2) is 9.89. The van der Waals surface area contributed by atoms with Crippen molar-refractivity contribution in [1.29, 1.82) is 0 Å². The SMILES string of the molecule is CC[C@@H](C)NC(=O)NC(=O)C[NH+](C)CC(=O)Nc1ccc(Cl)cc1. The summed E-state index contributed by atoms with van der Waals surface area (Å²) in [4.78, 5) is 35.9. The van der Waals surface area contributed by atoms with Gasteiger partial charge in [-0.3, -0.25) is 14.9 Å². The molecule has 4 N–H and O–H groups in total. The summed E-state index contributed by atoms with van der Waals surface area (Å²) in [7, 11) is 1.70. The van der Waals surface area contributed by atoms with Crippen LogP contribution in [0.15, 0.2) is 24.3 Å². The van der Waals surface area contributed by atoms with Crippen LogP contribution in [0.4, 0.5) is 10.5 Å². The van der Waals surface area contributed by atoms with Crippen LogP contribution in [0.3, 0.4) is 0 Å². The average Bonchev–Trinajstić information content (AvgIpc) is 2.48. The standard InChI is InChI=1S/C16H23ClN4O3/c1-4-11(2)18-16(24)20-15(23)10-21(3)9-14(22)19-13-7-5-12(17)6-8-13/h5-8,11H,4,9-10H2,1-3H3,(H,19,22)(H2,18,20,23,24)/p+1/t11-/m1/s1. The molecule has 2 atom stereocenters. The van der Waals surface area contributed by atoms with Crippen LogP contribution in [0.25, 0.3) is 0 Å². The van der Waals surface area contributed by atoms with Crippen molar-refractivity contribution in [1.82, 2.24) is 10.6 Å². The van der Waals surface area contributed by atoms with Gasteiger partial charge < -0.3 is 15.5 Å². The quantitative estimate of drug-likeness (QED) is 0.571. The number of rotatable bonds is 7. The third-order valence-electron chi connectivity index (χ3n) is 3.30. The maximum absolute atomic E-state index is 11.9. The predicted molar refractivity (Wildman–Crippen MR) is 93.1 cm³/mol. The van der Waals surface area contributed by atoms with Gasteiger partial charge in [-0.1, -0.05) is 18.5 Å². The lowest BCUT2D eigenvalue weighted by atomic mass is 10.3. The Balaban J connectivity index is 2.35. The third kappa shape index (κ3) is 7.94. The Morgan fingerprint density at radius 3 is 2.29 bits per heavy atom. The number of nitrogens with one attached hydrogen (secondary N) is 4. The van der Waals surface area contributed by atoms with Crippen molar-refractivity contribution in [3.63, 3.8) is 0 Å². The van der Waals surface area contributed by atoms with E-state index in [1.807, 2.05) is 13.8 Å². The van der Waals surface area contributed by atoms with Crippen molar-refractivity contribution in [2.24, 2.45) is 0 Å². The van der Waals surface area contributed by atoms with Crippen LogP contribution < -0.4 is 20.9 Å². The van der Waals surface area contributed by atoms with Crippen LogP contribution in [-0.4, -0.2) is 44.0 Å². The van der Waals surface area contributed by atoms with E-state index in [4.69, 9.17) is 11.6 Å². The largest absolute Gasteiger partial charge is 0.335 e. The Morgan fingerprint density at radius 1 is 1.12 bits per heavy atom. The number of amides is 4. The van der Waals surface area contributed by atoms with Gasteiger partial charge in [-0.05, 0) is 37.6 Å². The summed E-state index contributed by atoms with van der Waals surface area (Å²) in [6, 6.07) is 6.22. The zero-order valence-corrected chi connectivity index (χ0v) is 14.9. The van der Waals surface area contributed by atoms with Gasteiger partial charge in [-0.25, -0.2) is 4.79 Å². The molecule has 0 radical (unpaired) electrons. The number of anilines is 1. The van der Waals surface area contributed by atoms with Crippen molar-refractivity contribution >= 4 is 35.1 Å². The van der Waals surface area contributed by atoms with E-state index >= 15 is 0 Å². The molecule has 0 saturated carbocycles. The van der Waals surface area contributed by atoms with Gasteiger partial charge >= 0.3 is 6.03 Å². The molecule has 7 nitrogen and oxygen atoms in total. The van der Waals surface area contributed by atoms with Crippen LogP contribution in [0.5, 0.6) is 0 Å². The highest BCUT2D eigenvalue weighted by molar-refractivity contribution is 6.30. The topological polar surface area (TPSA) is 91.7 Å². The van der Waals surface area contributed by atoms with Crippen molar-refractivity contribution in [3.05, 3.63) is 29.3 Å². The molecule has 0 aliphatic carbocycles. The molecule has 0 aromatic heterocycles. The third-order valence-corrected chi connectivity index (χ3v) is 3.55. The maximum atomic E-state index is 11.9. The van der Waals surface area contributed by atoms with Gasteiger partial charge in [-0.2, -0.15) is 0 Å². The van der Waals surface area contributed by atoms with E-state index in [0.717, 1.165) is 6.42 Å². The van der Waals surface area contributed by atoms with E-state index in [-0.39, 0.29) is 25.0 Å². The van der Waals surface area contributed by atoms with Gasteiger partial charge in [0.25, 0.3) is 11.8 Å². The lowest BCUT2D eigenvalue weighted by molar-refractivity contribution is -0.862. The molecule has 0 spiro atoms. The van der Waals surface area contributed by atoms with Crippen molar-refractivity contribution < 1.29 is 19.3 Å². The molecule has 0 bridgehead atoms. The van der Waals surface area contributed by atoms with Gasteiger partial charge in [-0.15, -0.1) is 0 Å². The van der Waals surface area contributed by atoms with Gasteiger partial charge in [0, 0.05) is 16.8 Å². The lowest BCUT2D eigenvalue weighted by Gasteiger charge is -2.15. The predicted octanol–water partition coefficient (Wildman–Crippen LogP) is 0.418. The van der Waals surface area contributed by atoms with Gasteiger partial charge in [0.15, 0.2) is 13.1 Å². The maximum Gasteiger partial charge on any atom is 0.321 e. The van der Waals surface area contributed by atoms with Gasteiger partial charge in [0.1, 0.15) is 0 Å². The number of carbonyl (C=O) groups excluding carboxylic acids is 3. The molecule has 24 heavy (non-hydrogen) atoms. The van der Waals surface area contributed by atoms with Gasteiger partial charge in [0.2, 0.25) is 0 Å². The molecule has 0 saturated heterocycles. The van der Waals surface area contributed by atoms with E-state index in [1.54, 1.807) is 31.3 Å². The average molecular weight is 356 g/mol. The Morgan fingerprint density at radius 2 is 1.71 bits per heavy atom. The number of carbonyl (C=O) groups is 3. The Bertz CT molecular complexity index is 577. The number of hydrogen-bond donors (Lipinski definition) is 4. The van der Waals surface area contributed by atoms with E-state index in [1.165, 1.54) is 0 Å². The number of hydrogen-bond acceptors (Lipinski definition) is 3. The molecule has 1 aromatic rings. The minimum absolute atomic E-state index is 0.00645. The Hall–Kier alpha value is -2.12. The summed E-state index contributed by atoms with van der Waals surface area (Å²) in [5, 5.41) is 8.20. The number of likely N-dealkylation sites (N-methyl/N-ethyl adjacent to an activating group) is 1. The van der Waals surface area contributed by atoms with Crippen molar-refractivity contribution in [3.8, 4) is 0 Å². The van der Waals surface area contributed by atoms with Crippen molar-refractivity contribution in [2.45, 2.75) is 26.3 Å². The summed E-state index contributed by atoms with van der Waals surface area (Å²) < 4.78 is 0. The smallest absolute Gasteiger partial charge is 0.321 e. The minimum Gasteiger partial charge on any atom is -0.335 e. The number of benzene rings is 1. The first-order chi connectivity index (χ1) is 11.3. The highest BCUT2D eigenvalue weighted by Crippen LogP contribution is 2.12. The van der Waals surface area contributed by atoms with E-state index in [0.29, 0.717) is 15.6 Å². The first-order valence-electron chi connectivity index (χ1n) is 7.77. The fourth-order valence-corrected chi connectivity index (χ4v) is 2.01. The molecule has 0 heterocycles. The highest BCUT2D eigenvalue weighted by atomic mass is 35.5. The van der Waals surface area contributed by atoms with Crippen LogP contribution in [0.2, 0.25) is 5.02 Å². The van der Waals surface area contributed by atoms with Crippen LogP contribution in [-0.2, 0) is 9.59 Å². The normalized spacial score (nSPS) is 12.8. The number of quaternary nitrogens is 1. The fourth-order valence-electron chi connectivity index (χ4n) is 1.88. The summed E-state index contributed by atoms with van der Waals surface area (Å²) in [5.74, 6) is -0.667. The van der Waals surface area contributed by atoms with E-state index < -0.39 is 11.9 Å². The molecular weight excluding hydrogens is 332 g/mol. The Kier molecular flexibility index (Phi) is 8.21. The van der Waals surface area contributed by atoms with Gasteiger partial charge in [0.05, 0.1) is 7.05 Å². The monoisotopic (exact) mass is 355 g/mol. The lowest BCUT2D eigenvalue weighted by Crippen LogP contribution is -3.11. The number of imide groups is 1. The summed E-state index contributed by atoms with van der Waals surface area (Å²) in [6.07, 6.45) is 0.775. The molecular formula is C16H24ClN4O3+.